The van der Waals surface area contributed by atoms with Gasteiger partial charge >= 0.3 is 64.6 Å². The maximum atomic E-state index is 4.29. The quantitative estimate of drug-likeness (QED) is 0.588. The number of benzene rings is 1. The van der Waals surface area contributed by atoms with Gasteiger partial charge in [0.05, 0.1) is 0 Å². The summed E-state index contributed by atoms with van der Waals surface area (Å²) in [7, 11) is 0. The molecule has 50 valence electrons. The average molecular weight is 197 g/mol. The first kappa shape index (κ1) is 6.08. The van der Waals surface area contributed by atoms with E-state index in [2.05, 4.69) is 20.9 Å². The number of nitrogens with zero attached hydrogens (tertiary/aromatic N) is 2. The van der Waals surface area contributed by atoms with Crippen LogP contribution >= 0.6 is 0 Å². The second kappa shape index (κ2) is 2.18. The van der Waals surface area contributed by atoms with Gasteiger partial charge in [-0.1, -0.05) is 0 Å². The SMILES string of the molecule is Cc1cccc2n[se]nc12. The molecule has 0 unspecified atom stereocenters. The molecule has 1 heterocycles. The summed E-state index contributed by atoms with van der Waals surface area (Å²) < 4.78 is 8.55. The van der Waals surface area contributed by atoms with E-state index in [1.165, 1.54) is 5.56 Å². The number of aryl methyl sites for hydroxylation is 1. The molecule has 0 atom stereocenters. The van der Waals surface area contributed by atoms with E-state index in [1.807, 2.05) is 12.1 Å². The van der Waals surface area contributed by atoms with E-state index in [0.717, 1.165) is 11.0 Å². The van der Waals surface area contributed by atoms with E-state index < -0.39 is 0 Å². The predicted molar refractivity (Wildman–Crippen MR) is 41.2 cm³/mol. The zero-order chi connectivity index (χ0) is 6.97. The van der Waals surface area contributed by atoms with Crippen molar-refractivity contribution in [3.05, 3.63) is 23.8 Å². The van der Waals surface area contributed by atoms with E-state index in [0.29, 0.717) is 0 Å². The zero-order valence-electron chi connectivity index (χ0n) is 5.53. The van der Waals surface area contributed by atoms with E-state index in [1.54, 1.807) is 0 Å². The van der Waals surface area contributed by atoms with Gasteiger partial charge in [0, 0.05) is 0 Å². The fourth-order valence-electron chi connectivity index (χ4n) is 0.941. The fourth-order valence-corrected chi connectivity index (χ4v) is 2.19. The Bertz CT molecular complexity index is 353. The van der Waals surface area contributed by atoms with Gasteiger partial charge in [-0.25, -0.2) is 0 Å². The third kappa shape index (κ3) is 0.789. The Hall–Kier alpha value is -0.661. The number of aromatic nitrogens is 2. The Morgan fingerprint density at radius 3 is 3.00 bits per heavy atom. The van der Waals surface area contributed by atoms with Crippen LogP contribution in [-0.4, -0.2) is 22.9 Å². The van der Waals surface area contributed by atoms with Crippen LogP contribution in [0.2, 0.25) is 0 Å². The third-order valence-electron chi connectivity index (χ3n) is 1.49. The van der Waals surface area contributed by atoms with Crippen molar-refractivity contribution < 1.29 is 0 Å². The van der Waals surface area contributed by atoms with Crippen LogP contribution in [-0.2, 0) is 0 Å². The minimum absolute atomic E-state index is 0.119. The summed E-state index contributed by atoms with van der Waals surface area (Å²) in [5.41, 5.74) is 3.41. The second-order valence-corrected chi connectivity index (χ2v) is 3.32. The predicted octanol–water partition coefficient (Wildman–Crippen LogP) is 0.995. The van der Waals surface area contributed by atoms with Gasteiger partial charge in [-0.15, -0.1) is 0 Å². The average Bonchev–Trinajstić information content (AvgIpc) is 2.36. The summed E-state index contributed by atoms with van der Waals surface area (Å²) in [4.78, 5) is 0. The molecule has 0 fully saturated rings. The van der Waals surface area contributed by atoms with Gasteiger partial charge in [-0.2, -0.15) is 0 Å². The molecular weight excluding hydrogens is 191 g/mol. The molecule has 3 heteroatoms. The molecule has 0 bridgehead atoms. The van der Waals surface area contributed by atoms with Crippen LogP contribution < -0.4 is 0 Å². The Labute approximate surface area is 65.1 Å². The molecule has 0 amide bonds. The molecule has 1 aromatic carbocycles. The van der Waals surface area contributed by atoms with Crippen molar-refractivity contribution >= 4 is 26.0 Å². The van der Waals surface area contributed by atoms with Gasteiger partial charge in [-0.3, -0.25) is 0 Å². The van der Waals surface area contributed by atoms with Gasteiger partial charge in [0.25, 0.3) is 0 Å². The molecule has 0 saturated heterocycles. The van der Waals surface area contributed by atoms with E-state index >= 15 is 0 Å². The molecule has 0 spiro atoms. The number of fused-ring (bicyclic) bond motifs is 1. The van der Waals surface area contributed by atoms with Crippen LogP contribution in [0.15, 0.2) is 18.2 Å². The van der Waals surface area contributed by atoms with E-state index in [-0.39, 0.29) is 15.0 Å². The van der Waals surface area contributed by atoms with Crippen LogP contribution in [0.25, 0.3) is 11.0 Å². The van der Waals surface area contributed by atoms with Crippen molar-refractivity contribution in [2.24, 2.45) is 0 Å². The van der Waals surface area contributed by atoms with Crippen molar-refractivity contribution in [3.63, 3.8) is 0 Å². The molecule has 0 saturated carbocycles. The first-order valence-electron chi connectivity index (χ1n) is 3.06. The van der Waals surface area contributed by atoms with Crippen LogP contribution in [0, 0.1) is 6.92 Å². The molecule has 0 aliphatic heterocycles. The monoisotopic (exact) mass is 198 g/mol. The first-order valence-corrected chi connectivity index (χ1v) is 4.59. The summed E-state index contributed by atoms with van der Waals surface area (Å²) in [6, 6.07) is 6.11. The van der Waals surface area contributed by atoms with Crippen molar-refractivity contribution in [2.75, 3.05) is 0 Å². The Morgan fingerprint density at radius 1 is 1.30 bits per heavy atom. The van der Waals surface area contributed by atoms with Crippen LogP contribution in [0.4, 0.5) is 0 Å². The van der Waals surface area contributed by atoms with Crippen molar-refractivity contribution in [1.82, 2.24) is 7.96 Å². The van der Waals surface area contributed by atoms with Crippen LogP contribution in [0.1, 0.15) is 5.56 Å². The van der Waals surface area contributed by atoms with Crippen molar-refractivity contribution in [2.45, 2.75) is 6.92 Å². The summed E-state index contributed by atoms with van der Waals surface area (Å²) in [5.74, 6) is 0. The number of hydrogen-bond donors (Lipinski definition) is 0. The normalized spacial score (nSPS) is 10.5. The molecule has 2 nitrogen and oxygen atoms in total. The first-order chi connectivity index (χ1) is 4.88. The molecular formula is C7H6N2Se. The molecule has 1 aromatic heterocycles. The number of rotatable bonds is 0. The van der Waals surface area contributed by atoms with Crippen molar-refractivity contribution in [1.29, 1.82) is 0 Å². The summed E-state index contributed by atoms with van der Waals surface area (Å²) in [6.45, 7) is 2.07. The second-order valence-electron chi connectivity index (χ2n) is 2.21. The van der Waals surface area contributed by atoms with Crippen LogP contribution in [0.5, 0.6) is 0 Å². The van der Waals surface area contributed by atoms with Gasteiger partial charge in [0.15, 0.2) is 0 Å². The van der Waals surface area contributed by atoms with E-state index in [9.17, 15) is 0 Å². The Morgan fingerprint density at radius 2 is 2.20 bits per heavy atom. The van der Waals surface area contributed by atoms with Gasteiger partial charge in [0.1, 0.15) is 0 Å². The molecule has 0 aliphatic rings. The van der Waals surface area contributed by atoms with Gasteiger partial charge in [-0.05, 0) is 0 Å². The molecule has 2 aromatic rings. The van der Waals surface area contributed by atoms with Crippen LogP contribution in [0.3, 0.4) is 0 Å². The standard InChI is InChI=1S/C7H6N2Se/c1-5-3-2-4-6-7(5)9-10-8-6/h2-4H,1H3. The van der Waals surface area contributed by atoms with Crippen molar-refractivity contribution in [3.8, 4) is 0 Å². The zero-order valence-corrected chi connectivity index (χ0v) is 7.25. The van der Waals surface area contributed by atoms with E-state index in [4.69, 9.17) is 0 Å². The molecule has 0 aliphatic carbocycles. The summed E-state index contributed by atoms with van der Waals surface area (Å²) >= 11 is 0.119. The van der Waals surface area contributed by atoms with Gasteiger partial charge < -0.3 is 0 Å². The summed E-state index contributed by atoms with van der Waals surface area (Å²) in [5, 5.41) is 0. The molecule has 0 radical (unpaired) electrons. The molecule has 2 rings (SSSR count). The topological polar surface area (TPSA) is 25.8 Å². The Balaban J connectivity index is 2.95. The molecule has 0 N–H and O–H groups in total. The fraction of sp³-hybridized carbons (Fsp3) is 0.143. The molecule has 10 heavy (non-hydrogen) atoms. The minimum atomic E-state index is 0.119. The maximum absolute atomic E-state index is 4.29. The Kier molecular flexibility index (Phi) is 1.33. The summed E-state index contributed by atoms with van der Waals surface area (Å²) in [6.07, 6.45) is 0. The number of hydrogen-bond acceptors (Lipinski definition) is 2. The third-order valence-corrected chi connectivity index (χ3v) is 2.63. The van der Waals surface area contributed by atoms with Gasteiger partial charge in [0.2, 0.25) is 0 Å².